The lowest BCUT2D eigenvalue weighted by molar-refractivity contribution is 0.518. The lowest BCUT2D eigenvalue weighted by Gasteiger charge is -2.14. The maximum atomic E-state index is 13.6. The molecule has 3 N–H and O–H groups in total. The second-order valence-electron chi connectivity index (χ2n) is 3.45. The van der Waals surface area contributed by atoms with Gasteiger partial charge in [-0.05, 0) is 30.1 Å². The largest absolute Gasteiger partial charge is 0.271 e. The van der Waals surface area contributed by atoms with Gasteiger partial charge in [0.2, 0.25) is 0 Å². The van der Waals surface area contributed by atoms with E-state index in [2.05, 4.69) is 15.0 Å². The van der Waals surface area contributed by atoms with E-state index in [-0.39, 0.29) is 11.9 Å². The molecule has 0 fully saturated rings. The van der Waals surface area contributed by atoms with Crippen molar-refractivity contribution in [1.82, 2.24) is 15.0 Å². The van der Waals surface area contributed by atoms with E-state index >= 15 is 0 Å². The Kier molecular flexibility index (Phi) is 4.01. The molecule has 1 aromatic carbocycles. The van der Waals surface area contributed by atoms with E-state index in [9.17, 15) is 4.39 Å². The van der Waals surface area contributed by atoms with Crippen LogP contribution in [-0.2, 0) is 6.42 Å². The fourth-order valence-corrected chi connectivity index (χ4v) is 2.25. The Morgan fingerprint density at radius 2 is 2.35 bits per heavy atom. The molecular formula is C10H10ClFN4S. The molecule has 0 amide bonds. The molecule has 17 heavy (non-hydrogen) atoms. The van der Waals surface area contributed by atoms with Crippen molar-refractivity contribution in [3.63, 3.8) is 0 Å². The van der Waals surface area contributed by atoms with Crippen LogP contribution in [0.5, 0.6) is 0 Å². The zero-order valence-electron chi connectivity index (χ0n) is 8.73. The summed E-state index contributed by atoms with van der Waals surface area (Å²) in [7, 11) is 0. The Hall–Kier alpha value is -1.08. The second kappa shape index (κ2) is 5.50. The van der Waals surface area contributed by atoms with Gasteiger partial charge in [-0.3, -0.25) is 11.3 Å². The summed E-state index contributed by atoms with van der Waals surface area (Å²) in [5.41, 5.74) is 3.69. The number of aromatic nitrogens is 2. The summed E-state index contributed by atoms with van der Waals surface area (Å²) in [4.78, 5) is 0. The molecule has 1 heterocycles. The number of nitrogens with two attached hydrogens (primary N) is 1. The summed E-state index contributed by atoms with van der Waals surface area (Å²) in [6.07, 6.45) is 0.327. The third-order valence-electron chi connectivity index (χ3n) is 2.41. The van der Waals surface area contributed by atoms with Gasteiger partial charge in [-0.1, -0.05) is 22.2 Å². The van der Waals surface area contributed by atoms with Gasteiger partial charge in [0, 0.05) is 16.0 Å². The van der Waals surface area contributed by atoms with Gasteiger partial charge >= 0.3 is 0 Å². The first-order valence-corrected chi connectivity index (χ1v) is 6.09. The van der Waals surface area contributed by atoms with Crippen LogP contribution in [0.15, 0.2) is 23.6 Å². The zero-order valence-corrected chi connectivity index (χ0v) is 10.3. The Balaban J connectivity index is 2.25. The minimum absolute atomic E-state index is 0.303. The Bertz CT molecular complexity index is 471. The van der Waals surface area contributed by atoms with E-state index in [0.29, 0.717) is 22.7 Å². The van der Waals surface area contributed by atoms with E-state index in [4.69, 9.17) is 17.4 Å². The van der Waals surface area contributed by atoms with Gasteiger partial charge in [0.1, 0.15) is 5.82 Å². The summed E-state index contributed by atoms with van der Waals surface area (Å²) in [5.74, 6) is 5.09. The SMILES string of the molecule is NNC(Cc1c(F)cccc1Cl)c1csnn1. The molecule has 0 spiro atoms. The number of nitrogens with one attached hydrogen (secondary N) is 1. The molecule has 90 valence electrons. The molecule has 0 saturated carbocycles. The Morgan fingerprint density at radius 3 is 2.94 bits per heavy atom. The van der Waals surface area contributed by atoms with Gasteiger partial charge in [0.05, 0.1) is 11.7 Å². The quantitative estimate of drug-likeness (QED) is 0.661. The molecule has 2 rings (SSSR count). The van der Waals surface area contributed by atoms with Crippen LogP contribution in [0.3, 0.4) is 0 Å². The highest BCUT2D eigenvalue weighted by Crippen LogP contribution is 2.24. The van der Waals surface area contributed by atoms with Gasteiger partial charge in [-0.2, -0.15) is 0 Å². The van der Waals surface area contributed by atoms with E-state index < -0.39 is 0 Å². The van der Waals surface area contributed by atoms with Crippen LogP contribution < -0.4 is 11.3 Å². The number of halogens is 2. The number of hydrogen-bond donors (Lipinski definition) is 2. The molecule has 0 saturated heterocycles. The van der Waals surface area contributed by atoms with E-state index in [1.807, 2.05) is 0 Å². The highest BCUT2D eigenvalue weighted by Gasteiger charge is 2.17. The minimum atomic E-state index is -0.346. The molecule has 1 unspecified atom stereocenters. The maximum Gasteiger partial charge on any atom is 0.127 e. The van der Waals surface area contributed by atoms with Crippen molar-refractivity contribution in [3.05, 3.63) is 45.7 Å². The van der Waals surface area contributed by atoms with E-state index in [1.54, 1.807) is 17.5 Å². The number of hydrogen-bond acceptors (Lipinski definition) is 5. The molecule has 7 heteroatoms. The van der Waals surface area contributed by atoms with Gasteiger partial charge in [0.15, 0.2) is 0 Å². The zero-order chi connectivity index (χ0) is 12.3. The van der Waals surface area contributed by atoms with Crippen LogP contribution in [0.2, 0.25) is 5.02 Å². The van der Waals surface area contributed by atoms with Crippen LogP contribution in [0, 0.1) is 5.82 Å². The van der Waals surface area contributed by atoms with Gasteiger partial charge < -0.3 is 0 Å². The second-order valence-corrected chi connectivity index (χ2v) is 4.47. The van der Waals surface area contributed by atoms with Crippen LogP contribution in [0.25, 0.3) is 0 Å². The normalized spacial score (nSPS) is 12.6. The lowest BCUT2D eigenvalue weighted by Crippen LogP contribution is -2.30. The fourth-order valence-electron chi connectivity index (χ4n) is 1.50. The topological polar surface area (TPSA) is 63.8 Å². The number of rotatable bonds is 4. The van der Waals surface area contributed by atoms with Crippen molar-refractivity contribution >= 4 is 23.1 Å². The summed E-state index contributed by atoms with van der Waals surface area (Å²) in [6, 6.07) is 4.28. The predicted octanol–water partition coefficient (Wildman–Crippen LogP) is 2.08. The van der Waals surface area contributed by atoms with Crippen molar-refractivity contribution in [2.45, 2.75) is 12.5 Å². The number of hydrazine groups is 1. The average molecular weight is 273 g/mol. The smallest absolute Gasteiger partial charge is 0.127 e. The molecule has 0 radical (unpaired) electrons. The lowest BCUT2D eigenvalue weighted by atomic mass is 10.0. The highest BCUT2D eigenvalue weighted by atomic mass is 35.5. The summed E-state index contributed by atoms with van der Waals surface area (Å²) < 4.78 is 17.3. The fraction of sp³-hybridized carbons (Fsp3) is 0.200. The molecule has 2 aromatic rings. The van der Waals surface area contributed by atoms with Crippen LogP contribution >= 0.6 is 23.1 Å². The minimum Gasteiger partial charge on any atom is -0.271 e. The monoisotopic (exact) mass is 272 g/mol. The average Bonchev–Trinajstić information content (AvgIpc) is 2.82. The first-order chi connectivity index (χ1) is 8.22. The Labute approximate surface area is 107 Å². The molecule has 1 atom stereocenters. The van der Waals surface area contributed by atoms with Gasteiger partial charge in [0.25, 0.3) is 0 Å². The summed E-state index contributed by atoms with van der Waals surface area (Å²) in [6.45, 7) is 0. The summed E-state index contributed by atoms with van der Waals surface area (Å²) in [5, 5.41) is 6.05. The van der Waals surface area contributed by atoms with Crippen LogP contribution in [0.1, 0.15) is 17.3 Å². The molecule has 4 nitrogen and oxygen atoms in total. The van der Waals surface area contributed by atoms with Crippen LogP contribution in [0.4, 0.5) is 4.39 Å². The third-order valence-corrected chi connectivity index (χ3v) is 3.28. The number of benzene rings is 1. The van der Waals surface area contributed by atoms with Crippen molar-refractivity contribution in [2.24, 2.45) is 5.84 Å². The van der Waals surface area contributed by atoms with E-state index in [0.717, 1.165) is 0 Å². The third kappa shape index (κ3) is 2.78. The van der Waals surface area contributed by atoms with Gasteiger partial charge in [-0.25, -0.2) is 4.39 Å². The molecule has 0 aliphatic rings. The van der Waals surface area contributed by atoms with Crippen molar-refractivity contribution in [3.8, 4) is 0 Å². The van der Waals surface area contributed by atoms with Gasteiger partial charge in [-0.15, -0.1) is 5.10 Å². The molecular weight excluding hydrogens is 263 g/mol. The van der Waals surface area contributed by atoms with Crippen molar-refractivity contribution in [2.75, 3.05) is 0 Å². The van der Waals surface area contributed by atoms with Crippen LogP contribution in [-0.4, -0.2) is 9.59 Å². The maximum absolute atomic E-state index is 13.6. The first-order valence-electron chi connectivity index (χ1n) is 4.88. The predicted molar refractivity (Wildman–Crippen MR) is 65.1 cm³/mol. The molecule has 1 aromatic heterocycles. The molecule has 0 aliphatic heterocycles. The molecule has 0 aliphatic carbocycles. The number of nitrogens with zero attached hydrogens (tertiary/aromatic N) is 2. The molecule has 0 bridgehead atoms. The summed E-state index contributed by atoms with van der Waals surface area (Å²) >= 11 is 7.17. The first kappa shape index (κ1) is 12.4. The van der Waals surface area contributed by atoms with Crippen molar-refractivity contribution in [1.29, 1.82) is 0 Å². The highest BCUT2D eigenvalue weighted by molar-refractivity contribution is 7.03. The Morgan fingerprint density at radius 1 is 1.53 bits per heavy atom. The van der Waals surface area contributed by atoms with Crippen molar-refractivity contribution < 1.29 is 4.39 Å². The van der Waals surface area contributed by atoms with E-state index in [1.165, 1.54) is 17.6 Å². The standard InChI is InChI=1S/C10H10ClFN4S/c11-7-2-1-3-8(12)6(7)4-9(14-13)10-5-17-16-15-10/h1-3,5,9,14H,4,13H2.